The van der Waals surface area contributed by atoms with Crippen molar-refractivity contribution >= 4 is 11.6 Å². The quantitative estimate of drug-likeness (QED) is 0.628. The molecule has 6 nitrogen and oxygen atoms in total. The lowest BCUT2D eigenvalue weighted by molar-refractivity contribution is -0.118. The van der Waals surface area contributed by atoms with Gasteiger partial charge < -0.3 is 15.4 Å². The molecule has 0 saturated carbocycles. The molecule has 0 saturated heterocycles. The van der Waals surface area contributed by atoms with E-state index in [2.05, 4.69) is 20.6 Å². The predicted octanol–water partition coefficient (Wildman–Crippen LogP) is 1.39. The van der Waals surface area contributed by atoms with E-state index < -0.39 is 0 Å². The van der Waals surface area contributed by atoms with E-state index in [1.807, 2.05) is 6.92 Å². The molecule has 1 aromatic carbocycles. The van der Waals surface area contributed by atoms with Crippen LogP contribution in [0.5, 0.6) is 5.75 Å². The number of imidazole rings is 1. The van der Waals surface area contributed by atoms with Crippen LogP contribution >= 0.6 is 0 Å². The van der Waals surface area contributed by atoms with Crippen LogP contribution in [0.15, 0.2) is 18.5 Å². The van der Waals surface area contributed by atoms with E-state index in [0.29, 0.717) is 13.0 Å². The highest BCUT2D eigenvalue weighted by Crippen LogP contribution is 2.25. The number of rotatable bonds is 2. The van der Waals surface area contributed by atoms with Gasteiger partial charge in [-0.2, -0.15) is 0 Å². The van der Waals surface area contributed by atoms with E-state index in [1.54, 1.807) is 25.4 Å². The monoisotopic (exact) mass is 286 g/mol. The third-order valence-electron chi connectivity index (χ3n) is 3.85. The van der Waals surface area contributed by atoms with Gasteiger partial charge in [-0.1, -0.05) is 0 Å². The average Bonchev–Trinajstić information content (AvgIpc) is 2.92. The maximum absolute atomic E-state index is 12.4. The Balaban J connectivity index is 1.74. The molecule has 0 fully saturated rings. The maximum atomic E-state index is 12.4. The fourth-order valence-corrected chi connectivity index (χ4v) is 2.51. The lowest BCUT2D eigenvalue weighted by atomic mass is 10.0. The van der Waals surface area contributed by atoms with Gasteiger partial charge >= 0.3 is 0 Å². The summed E-state index contributed by atoms with van der Waals surface area (Å²) in [5.41, 5.74) is 4.28. The zero-order valence-corrected chi connectivity index (χ0v) is 12.0. The van der Waals surface area contributed by atoms with Crippen molar-refractivity contribution in [3.8, 4) is 5.75 Å². The minimum absolute atomic E-state index is 0.0863. The molecular formula is C15H18N4O2. The molecule has 4 N–H and O–H groups in total. The zero-order chi connectivity index (χ0) is 15.0. The lowest BCUT2D eigenvalue weighted by Gasteiger charge is -2.22. The number of aryl methyl sites for hydroxylation is 2. The summed E-state index contributed by atoms with van der Waals surface area (Å²) in [6.45, 7) is 4.27. The number of hydrogen-bond acceptors (Lipinski definition) is 4. The van der Waals surface area contributed by atoms with Crippen molar-refractivity contribution in [2.75, 3.05) is 5.32 Å². The fraction of sp³-hybridized carbons (Fsp3) is 0.333. The van der Waals surface area contributed by atoms with E-state index in [1.165, 1.54) is 0 Å². The molecule has 0 aliphatic carbocycles. The molecule has 0 radical (unpaired) electrons. The Labute approximate surface area is 122 Å². The Morgan fingerprint density at radius 3 is 3.00 bits per heavy atom. The summed E-state index contributed by atoms with van der Waals surface area (Å²) < 4.78 is 0. The van der Waals surface area contributed by atoms with Crippen LogP contribution in [0.25, 0.3) is 0 Å². The van der Waals surface area contributed by atoms with Crippen molar-refractivity contribution in [3.05, 3.63) is 41.0 Å². The third kappa shape index (κ3) is 2.62. The topological polar surface area (TPSA) is 90.0 Å². The predicted molar refractivity (Wildman–Crippen MR) is 79.1 cm³/mol. The van der Waals surface area contributed by atoms with Crippen molar-refractivity contribution in [3.63, 3.8) is 0 Å². The molecule has 21 heavy (non-hydrogen) atoms. The van der Waals surface area contributed by atoms with Gasteiger partial charge in [-0.15, -0.1) is 0 Å². The molecule has 6 heteroatoms. The molecule has 1 atom stereocenters. The summed E-state index contributed by atoms with van der Waals surface area (Å²) >= 11 is 0. The highest BCUT2D eigenvalue weighted by atomic mass is 16.3. The number of phenols is 1. The van der Waals surface area contributed by atoms with Gasteiger partial charge in [0, 0.05) is 18.7 Å². The van der Waals surface area contributed by atoms with Gasteiger partial charge in [0.2, 0.25) is 5.91 Å². The summed E-state index contributed by atoms with van der Waals surface area (Å²) in [7, 11) is 0. The van der Waals surface area contributed by atoms with Crippen LogP contribution in [0.3, 0.4) is 0 Å². The largest absolute Gasteiger partial charge is 0.508 e. The minimum atomic E-state index is -0.297. The molecule has 1 aliphatic rings. The first-order valence-electron chi connectivity index (χ1n) is 6.90. The van der Waals surface area contributed by atoms with Crippen LogP contribution < -0.4 is 10.6 Å². The minimum Gasteiger partial charge on any atom is -0.508 e. The number of aromatic amines is 1. The van der Waals surface area contributed by atoms with Gasteiger partial charge in [0.25, 0.3) is 0 Å². The molecule has 110 valence electrons. The Morgan fingerprint density at radius 2 is 2.19 bits per heavy atom. The van der Waals surface area contributed by atoms with E-state index >= 15 is 0 Å². The number of phenolic OH excluding ortho intramolecular Hbond substituents is 1. The molecule has 2 heterocycles. The highest BCUT2D eigenvalue weighted by Gasteiger charge is 2.26. The zero-order valence-electron chi connectivity index (χ0n) is 12.0. The molecule has 2 aromatic rings. The molecule has 0 bridgehead atoms. The number of amides is 1. The van der Waals surface area contributed by atoms with Crippen molar-refractivity contribution in [1.82, 2.24) is 15.3 Å². The van der Waals surface area contributed by atoms with Crippen LogP contribution in [-0.4, -0.2) is 27.0 Å². The number of anilines is 1. The first-order valence-corrected chi connectivity index (χ1v) is 6.90. The van der Waals surface area contributed by atoms with Crippen molar-refractivity contribution in [2.45, 2.75) is 32.9 Å². The second-order valence-electron chi connectivity index (χ2n) is 5.41. The van der Waals surface area contributed by atoms with Crippen LogP contribution in [0.2, 0.25) is 0 Å². The van der Waals surface area contributed by atoms with Crippen LogP contribution in [0, 0.1) is 13.8 Å². The van der Waals surface area contributed by atoms with Crippen LogP contribution in [-0.2, 0) is 17.8 Å². The summed E-state index contributed by atoms with van der Waals surface area (Å²) in [6.07, 6.45) is 2.22. The third-order valence-corrected chi connectivity index (χ3v) is 3.85. The second-order valence-corrected chi connectivity index (χ2v) is 5.41. The molecule has 1 unspecified atom stereocenters. The maximum Gasteiger partial charge on any atom is 0.241 e. The second kappa shape index (κ2) is 5.21. The first kappa shape index (κ1) is 13.6. The van der Waals surface area contributed by atoms with Gasteiger partial charge in [0.15, 0.2) is 0 Å². The van der Waals surface area contributed by atoms with Gasteiger partial charge in [-0.3, -0.25) is 10.1 Å². The van der Waals surface area contributed by atoms with Gasteiger partial charge in [0.1, 0.15) is 5.75 Å². The summed E-state index contributed by atoms with van der Waals surface area (Å²) in [5.74, 6) is 0.152. The molecule has 1 amide bonds. The smallest absolute Gasteiger partial charge is 0.241 e. The molecule has 3 rings (SSSR count). The van der Waals surface area contributed by atoms with Crippen LogP contribution in [0.1, 0.15) is 22.5 Å². The van der Waals surface area contributed by atoms with E-state index in [0.717, 1.165) is 28.2 Å². The molecular weight excluding hydrogens is 268 g/mol. The number of H-pyrrole nitrogens is 1. The number of carbonyl (C=O) groups is 1. The van der Waals surface area contributed by atoms with Gasteiger partial charge in [-0.25, -0.2) is 4.98 Å². The number of aromatic hydroxyl groups is 1. The number of nitrogens with one attached hydrogen (secondary N) is 3. The van der Waals surface area contributed by atoms with Crippen molar-refractivity contribution < 1.29 is 9.90 Å². The van der Waals surface area contributed by atoms with Gasteiger partial charge in [-0.05, 0) is 37.1 Å². The first-order chi connectivity index (χ1) is 10.0. The average molecular weight is 286 g/mol. The van der Waals surface area contributed by atoms with E-state index in [-0.39, 0.29) is 17.7 Å². The molecule has 0 spiro atoms. The number of hydrogen-bond donors (Lipinski definition) is 4. The number of carbonyl (C=O) groups excluding carboxylic acids is 1. The van der Waals surface area contributed by atoms with Gasteiger partial charge in [0.05, 0.1) is 23.8 Å². The molecule has 1 aromatic heterocycles. The van der Waals surface area contributed by atoms with Crippen LogP contribution in [0.4, 0.5) is 5.69 Å². The normalized spacial score (nSPS) is 17.3. The molecule has 1 aliphatic heterocycles. The summed E-state index contributed by atoms with van der Waals surface area (Å²) in [6, 6.07) is 3.14. The fourth-order valence-electron chi connectivity index (χ4n) is 2.51. The standard InChI is InChI=1S/C15H18N4O2/c1-8-4-14(20)9(2)3-10(8)19-15(21)12-5-11-13(6-16-12)18-7-17-11/h3-4,7,12,16,20H,5-6H2,1-2H3,(H,17,18)(H,19,21). The number of benzene rings is 1. The number of fused-ring (bicyclic) bond motifs is 1. The SMILES string of the molecule is Cc1cc(NC(=O)C2Cc3nc[nH]c3CN2)c(C)cc1O. The van der Waals surface area contributed by atoms with Crippen molar-refractivity contribution in [2.24, 2.45) is 0 Å². The number of nitrogens with zero attached hydrogens (tertiary/aromatic N) is 1. The Hall–Kier alpha value is -2.34. The number of aromatic nitrogens is 2. The summed E-state index contributed by atoms with van der Waals surface area (Å²) in [5, 5.41) is 15.8. The van der Waals surface area contributed by atoms with E-state index in [9.17, 15) is 9.90 Å². The highest BCUT2D eigenvalue weighted by molar-refractivity contribution is 5.96. The summed E-state index contributed by atoms with van der Waals surface area (Å²) in [4.78, 5) is 19.7. The van der Waals surface area contributed by atoms with Crippen molar-refractivity contribution in [1.29, 1.82) is 0 Å². The lowest BCUT2D eigenvalue weighted by Crippen LogP contribution is -2.44. The van der Waals surface area contributed by atoms with E-state index in [4.69, 9.17) is 0 Å². The Morgan fingerprint density at radius 1 is 1.38 bits per heavy atom. The Bertz CT molecular complexity index is 693. The Kier molecular flexibility index (Phi) is 3.39.